The van der Waals surface area contributed by atoms with Crippen molar-refractivity contribution < 1.29 is 22.6 Å². The number of anilines is 4. The highest BCUT2D eigenvalue weighted by Gasteiger charge is 2.30. The van der Waals surface area contributed by atoms with Crippen LogP contribution in [-0.4, -0.2) is 31.5 Å². The smallest absolute Gasteiger partial charge is 0.439 e. The number of hydrogen-bond donors (Lipinski definition) is 4. The molecule has 0 saturated heterocycles. The van der Waals surface area contributed by atoms with Gasteiger partial charge >= 0.3 is 6.36 Å². The highest BCUT2D eigenvalue weighted by atomic mass is 19.4. The van der Waals surface area contributed by atoms with Crippen LogP contribution in [0.2, 0.25) is 0 Å². The SMILES string of the molecule is Nc1cc(Oc2ccc(-c3nnc(Nc4ccc(OC(F)(F)F)cc4)[nH]3)cc2)nc(N)n1. The van der Waals surface area contributed by atoms with Crippen molar-refractivity contribution in [2.24, 2.45) is 0 Å². The second-order valence-corrected chi connectivity index (χ2v) is 6.34. The number of alkyl halides is 3. The molecule has 0 aliphatic carbocycles. The quantitative estimate of drug-likeness (QED) is 0.348. The van der Waals surface area contributed by atoms with Gasteiger partial charge in [0, 0.05) is 17.3 Å². The lowest BCUT2D eigenvalue weighted by atomic mass is 10.2. The van der Waals surface area contributed by atoms with Crippen molar-refractivity contribution >= 4 is 23.4 Å². The van der Waals surface area contributed by atoms with Crippen molar-refractivity contribution in [2.45, 2.75) is 6.36 Å². The van der Waals surface area contributed by atoms with Crippen LogP contribution in [0.1, 0.15) is 0 Å². The summed E-state index contributed by atoms with van der Waals surface area (Å²) in [5.74, 6) is 1.33. The molecule has 0 bridgehead atoms. The minimum Gasteiger partial charge on any atom is -0.439 e. The van der Waals surface area contributed by atoms with Gasteiger partial charge < -0.3 is 31.2 Å². The van der Waals surface area contributed by atoms with Crippen LogP contribution in [0.15, 0.2) is 54.6 Å². The normalized spacial score (nSPS) is 11.2. The van der Waals surface area contributed by atoms with E-state index in [2.05, 4.69) is 35.2 Å². The summed E-state index contributed by atoms with van der Waals surface area (Å²) >= 11 is 0. The molecule has 4 aromatic rings. The summed E-state index contributed by atoms with van der Waals surface area (Å²) in [6.45, 7) is 0. The van der Waals surface area contributed by atoms with Crippen LogP contribution in [0.3, 0.4) is 0 Å². The van der Waals surface area contributed by atoms with Gasteiger partial charge in [-0.3, -0.25) is 0 Å². The van der Waals surface area contributed by atoms with Gasteiger partial charge in [-0.05, 0) is 48.5 Å². The first kappa shape index (κ1) is 20.7. The molecule has 13 heteroatoms. The third-order valence-electron chi connectivity index (χ3n) is 3.93. The highest BCUT2D eigenvalue weighted by molar-refractivity contribution is 5.60. The van der Waals surface area contributed by atoms with E-state index < -0.39 is 6.36 Å². The molecular weight excluding hydrogens is 429 g/mol. The first-order valence-electron chi connectivity index (χ1n) is 8.97. The molecule has 0 aliphatic rings. The number of aromatic nitrogens is 5. The molecule has 2 heterocycles. The summed E-state index contributed by atoms with van der Waals surface area (Å²) in [6.07, 6.45) is -4.75. The van der Waals surface area contributed by atoms with E-state index in [-0.39, 0.29) is 23.4 Å². The van der Waals surface area contributed by atoms with Crippen molar-refractivity contribution in [1.29, 1.82) is 0 Å². The molecule has 0 saturated carbocycles. The molecule has 0 unspecified atom stereocenters. The number of nitrogens with two attached hydrogens (primary N) is 2. The Kier molecular flexibility index (Phi) is 5.37. The van der Waals surface area contributed by atoms with E-state index in [1.165, 1.54) is 30.3 Å². The van der Waals surface area contributed by atoms with E-state index >= 15 is 0 Å². The number of halogens is 3. The van der Waals surface area contributed by atoms with E-state index in [1.807, 2.05) is 0 Å². The average molecular weight is 444 g/mol. The maximum Gasteiger partial charge on any atom is 0.573 e. The summed E-state index contributed by atoms with van der Waals surface area (Å²) in [4.78, 5) is 10.7. The summed E-state index contributed by atoms with van der Waals surface area (Å²) in [6, 6.07) is 13.5. The van der Waals surface area contributed by atoms with Gasteiger partial charge in [0.05, 0.1) is 0 Å². The molecule has 0 aliphatic heterocycles. The summed E-state index contributed by atoms with van der Waals surface area (Å²) < 4.78 is 46.1. The molecule has 2 aromatic heterocycles. The topological polar surface area (TPSA) is 150 Å². The fraction of sp³-hybridized carbons (Fsp3) is 0.0526. The number of hydrogen-bond acceptors (Lipinski definition) is 9. The zero-order valence-electron chi connectivity index (χ0n) is 16.1. The average Bonchev–Trinajstić information content (AvgIpc) is 3.17. The molecule has 0 amide bonds. The molecule has 0 fully saturated rings. The monoisotopic (exact) mass is 444 g/mol. The van der Waals surface area contributed by atoms with Crippen LogP contribution in [0.4, 0.5) is 36.6 Å². The maximum absolute atomic E-state index is 12.2. The van der Waals surface area contributed by atoms with E-state index in [0.717, 1.165) is 0 Å². The first-order valence-corrected chi connectivity index (χ1v) is 8.97. The number of ether oxygens (including phenoxy) is 2. The molecule has 6 N–H and O–H groups in total. The fourth-order valence-electron chi connectivity index (χ4n) is 2.64. The van der Waals surface area contributed by atoms with Crippen LogP contribution in [0, 0.1) is 0 Å². The van der Waals surface area contributed by atoms with Gasteiger partial charge in [0.2, 0.25) is 17.8 Å². The largest absolute Gasteiger partial charge is 0.573 e. The number of H-pyrrole nitrogens is 1. The Labute approximate surface area is 178 Å². The molecule has 0 radical (unpaired) electrons. The van der Waals surface area contributed by atoms with Crippen molar-refractivity contribution in [3.8, 4) is 28.8 Å². The molecule has 4 rings (SSSR count). The molecule has 0 spiro atoms. The number of nitrogens with one attached hydrogen (secondary N) is 2. The number of nitrogens with zero attached hydrogens (tertiary/aromatic N) is 4. The minimum atomic E-state index is -4.75. The molecule has 32 heavy (non-hydrogen) atoms. The first-order chi connectivity index (χ1) is 15.2. The third kappa shape index (κ3) is 5.33. The third-order valence-corrected chi connectivity index (χ3v) is 3.93. The van der Waals surface area contributed by atoms with Crippen LogP contribution in [0.25, 0.3) is 11.4 Å². The van der Waals surface area contributed by atoms with Gasteiger partial charge in [-0.2, -0.15) is 9.97 Å². The van der Waals surface area contributed by atoms with Crippen LogP contribution in [-0.2, 0) is 0 Å². The van der Waals surface area contributed by atoms with Gasteiger partial charge in [0.15, 0.2) is 5.82 Å². The Balaban J connectivity index is 1.41. The maximum atomic E-state index is 12.2. The highest BCUT2D eigenvalue weighted by Crippen LogP contribution is 2.27. The van der Waals surface area contributed by atoms with Crippen molar-refractivity contribution in [2.75, 3.05) is 16.8 Å². The second kappa shape index (κ2) is 8.29. The van der Waals surface area contributed by atoms with Crippen LogP contribution >= 0.6 is 0 Å². The Morgan fingerprint density at radius 3 is 2.22 bits per heavy atom. The predicted molar refractivity (Wildman–Crippen MR) is 109 cm³/mol. The van der Waals surface area contributed by atoms with Gasteiger partial charge in [-0.25, -0.2) is 0 Å². The number of benzene rings is 2. The van der Waals surface area contributed by atoms with Gasteiger partial charge in [-0.15, -0.1) is 23.4 Å². The zero-order chi connectivity index (χ0) is 22.7. The molecule has 2 aromatic carbocycles. The lowest BCUT2D eigenvalue weighted by molar-refractivity contribution is -0.274. The van der Waals surface area contributed by atoms with Crippen LogP contribution < -0.4 is 26.3 Å². The molecule has 10 nitrogen and oxygen atoms in total. The van der Waals surface area contributed by atoms with Crippen LogP contribution in [0.5, 0.6) is 17.4 Å². The van der Waals surface area contributed by atoms with E-state index in [4.69, 9.17) is 16.2 Å². The van der Waals surface area contributed by atoms with E-state index in [0.29, 0.717) is 28.8 Å². The van der Waals surface area contributed by atoms with Gasteiger partial charge in [0.1, 0.15) is 17.3 Å². The van der Waals surface area contributed by atoms with Crippen molar-refractivity contribution in [3.05, 3.63) is 54.6 Å². The standard InChI is InChI=1S/C19H15F3N8O2/c20-19(21,22)32-13-7-3-11(4-8-13)25-18-28-16(29-30-18)10-1-5-12(6-2-10)31-15-9-14(23)26-17(24)27-15/h1-9H,(H4,23,24,26,27)(H2,25,28,29,30). The Hall–Kier alpha value is -4.55. The predicted octanol–water partition coefficient (Wildman–Crippen LogP) is 3.86. The Morgan fingerprint density at radius 1 is 0.875 bits per heavy atom. The van der Waals surface area contributed by atoms with Gasteiger partial charge in [-0.1, -0.05) is 0 Å². The lowest BCUT2D eigenvalue weighted by Crippen LogP contribution is -2.16. The van der Waals surface area contributed by atoms with Gasteiger partial charge in [0.25, 0.3) is 0 Å². The van der Waals surface area contributed by atoms with E-state index in [1.54, 1.807) is 24.3 Å². The minimum absolute atomic E-state index is 0.000766. The Bertz CT molecular complexity index is 1190. The number of aromatic amines is 1. The Morgan fingerprint density at radius 2 is 1.56 bits per heavy atom. The molecular formula is C19H15F3N8O2. The second-order valence-electron chi connectivity index (χ2n) is 6.34. The fourth-order valence-corrected chi connectivity index (χ4v) is 2.64. The van der Waals surface area contributed by atoms with Crippen molar-refractivity contribution in [3.63, 3.8) is 0 Å². The number of rotatable bonds is 6. The summed E-state index contributed by atoms with van der Waals surface area (Å²) in [5.41, 5.74) is 12.4. The lowest BCUT2D eigenvalue weighted by Gasteiger charge is -2.09. The van der Waals surface area contributed by atoms with Crippen molar-refractivity contribution in [1.82, 2.24) is 25.1 Å². The summed E-state index contributed by atoms with van der Waals surface area (Å²) in [5, 5.41) is 10.9. The molecule has 164 valence electrons. The summed E-state index contributed by atoms with van der Waals surface area (Å²) in [7, 11) is 0. The molecule has 0 atom stereocenters. The zero-order valence-corrected chi connectivity index (χ0v) is 16.1. The number of nitrogen functional groups attached to an aromatic ring is 2. The van der Waals surface area contributed by atoms with E-state index in [9.17, 15) is 13.2 Å².